The molecule has 0 heterocycles. The molecule has 0 aliphatic heterocycles. The van der Waals surface area contributed by atoms with Crippen molar-refractivity contribution in [2.24, 2.45) is 5.92 Å². The van der Waals surface area contributed by atoms with Crippen molar-refractivity contribution in [3.05, 3.63) is 0 Å². The van der Waals surface area contributed by atoms with Crippen LogP contribution in [0.4, 0.5) is 0 Å². The lowest BCUT2D eigenvalue weighted by atomic mass is 10.1. The molecule has 0 aromatic heterocycles. The van der Waals surface area contributed by atoms with Crippen LogP contribution in [0.25, 0.3) is 0 Å². The number of ether oxygens (including phenoxy) is 1. The van der Waals surface area contributed by atoms with Crippen LogP contribution in [0.5, 0.6) is 0 Å². The topological polar surface area (TPSA) is 26.3 Å². The summed E-state index contributed by atoms with van der Waals surface area (Å²) in [5.41, 5.74) is 0. The van der Waals surface area contributed by atoms with E-state index in [4.69, 9.17) is 4.74 Å². The summed E-state index contributed by atoms with van der Waals surface area (Å²) in [5.74, 6) is 0.316. The summed E-state index contributed by atoms with van der Waals surface area (Å²) in [6, 6.07) is 0. The molecule has 62 valence electrons. The fourth-order valence-corrected chi connectivity index (χ4v) is 0.553. The van der Waals surface area contributed by atoms with Gasteiger partial charge >= 0.3 is 5.97 Å². The highest BCUT2D eigenvalue weighted by Gasteiger charge is 2.03. The molecule has 0 bridgehead atoms. The van der Waals surface area contributed by atoms with E-state index in [0.717, 1.165) is 0 Å². The Balaban J connectivity index is 0. The van der Waals surface area contributed by atoms with E-state index < -0.39 is 0 Å². The number of hydrogen-bond donors (Lipinski definition) is 0. The van der Waals surface area contributed by atoms with Crippen molar-refractivity contribution in [2.45, 2.75) is 34.6 Å². The van der Waals surface area contributed by atoms with Crippen LogP contribution in [0.15, 0.2) is 0 Å². The van der Waals surface area contributed by atoms with Crippen molar-refractivity contribution in [3.8, 4) is 0 Å². The van der Waals surface area contributed by atoms with Crippen molar-refractivity contribution in [1.82, 2.24) is 0 Å². The van der Waals surface area contributed by atoms with Crippen molar-refractivity contribution >= 4 is 5.97 Å². The number of rotatable bonds is 3. The summed E-state index contributed by atoms with van der Waals surface area (Å²) in [7, 11) is 0. The van der Waals surface area contributed by atoms with E-state index >= 15 is 0 Å². The smallest absolute Gasteiger partial charge is 0.306 e. The lowest BCUT2D eigenvalue weighted by Crippen LogP contribution is -2.06. The zero-order chi connectivity index (χ0) is 7.28. The van der Waals surface area contributed by atoms with Gasteiger partial charge in [-0.3, -0.25) is 4.79 Å². The highest BCUT2D eigenvalue weighted by atomic mass is 16.5. The molecule has 0 N–H and O–H groups in total. The molecule has 0 saturated carbocycles. The molecule has 0 atom stereocenters. The van der Waals surface area contributed by atoms with Gasteiger partial charge in [-0.25, -0.2) is 0 Å². The van der Waals surface area contributed by atoms with Gasteiger partial charge in [0, 0.05) is 6.42 Å². The molecule has 0 aliphatic carbocycles. The van der Waals surface area contributed by atoms with Gasteiger partial charge in [0.15, 0.2) is 0 Å². The third kappa shape index (κ3) is 7.47. The number of hydrogen-bond acceptors (Lipinski definition) is 2. The van der Waals surface area contributed by atoms with Gasteiger partial charge < -0.3 is 4.74 Å². The predicted molar refractivity (Wildman–Crippen MR) is 42.8 cm³/mol. The van der Waals surface area contributed by atoms with E-state index in [-0.39, 0.29) is 13.4 Å². The van der Waals surface area contributed by atoms with Crippen LogP contribution in [0.1, 0.15) is 34.6 Å². The van der Waals surface area contributed by atoms with Gasteiger partial charge in [0.2, 0.25) is 0 Å². The Morgan fingerprint density at radius 1 is 1.50 bits per heavy atom. The minimum Gasteiger partial charge on any atom is -0.466 e. The fourth-order valence-electron chi connectivity index (χ4n) is 0.553. The van der Waals surface area contributed by atoms with Crippen molar-refractivity contribution in [3.63, 3.8) is 0 Å². The Kier molecular flexibility index (Phi) is 8.02. The molecule has 0 amide bonds. The number of carbonyl (C=O) groups excluding carboxylic acids is 1. The molecule has 0 aliphatic rings. The predicted octanol–water partition coefficient (Wildman–Crippen LogP) is 2.23. The van der Waals surface area contributed by atoms with Crippen LogP contribution in [0.2, 0.25) is 0 Å². The summed E-state index contributed by atoms with van der Waals surface area (Å²) in [6.07, 6.45) is 0.536. The van der Waals surface area contributed by atoms with E-state index in [0.29, 0.717) is 18.9 Å². The molecule has 0 rings (SSSR count). The molecular formula is C8H18O2. The summed E-state index contributed by atoms with van der Waals surface area (Å²) in [6.45, 7) is 6.30. The van der Waals surface area contributed by atoms with Gasteiger partial charge in [-0.2, -0.15) is 0 Å². The normalized spacial score (nSPS) is 8.80. The van der Waals surface area contributed by atoms with Gasteiger partial charge in [-0.15, -0.1) is 0 Å². The molecule has 0 radical (unpaired) electrons. The van der Waals surface area contributed by atoms with E-state index in [2.05, 4.69) is 0 Å². The van der Waals surface area contributed by atoms with Gasteiger partial charge in [0.1, 0.15) is 0 Å². The number of carbonyl (C=O) groups is 1. The van der Waals surface area contributed by atoms with Crippen molar-refractivity contribution < 1.29 is 9.53 Å². The summed E-state index contributed by atoms with van der Waals surface area (Å²) < 4.78 is 4.71. The molecule has 0 aromatic rings. The minimum absolute atomic E-state index is 0. The quantitative estimate of drug-likeness (QED) is 0.571. The zero-order valence-electron chi connectivity index (χ0n) is 6.31. The molecule has 2 heteroatoms. The first-order valence-corrected chi connectivity index (χ1v) is 3.32. The molecule has 0 saturated heterocycles. The van der Waals surface area contributed by atoms with Crippen molar-refractivity contribution in [1.29, 1.82) is 0 Å². The van der Waals surface area contributed by atoms with E-state index in [9.17, 15) is 4.79 Å². The Labute approximate surface area is 63.6 Å². The molecular weight excluding hydrogens is 128 g/mol. The van der Waals surface area contributed by atoms with Crippen LogP contribution in [0.3, 0.4) is 0 Å². The van der Waals surface area contributed by atoms with Gasteiger partial charge in [0.05, 0.1) is 6.61 Å². The van der Waals surface area contributed by atoms with E-state index in [1.54, 1.807) is 0 Å². The standard InChI is InChI=1S/C7H14O2.CH4/c1-4-9-7(8)5-6(2)3;/h6H,4-5H2,1-3H3;1H4. The third-order valence-electron chi connectivity index (χ3n) is 0.880. The van der Waals surface area contributed by atoms with Gasteiger partial charge in [-0.05, 0) is 12.8 Å². The summed E-state index contributed by atoms with van der Waals surface area (Å²) in [5, 5.41) is 0. The Hall–Kier alpha value is -0.530. The maximum atomic E-state index is 10.6. The highest BCUT2D eigenvalue weighted by molar-refractivity contribution is 5.69. The first-order valence-electron chi connectivity index (χ1n) is 3.32. The largest absolute Gasteiger partial charge is 0.466 e. The first-order chi connectivity index (χ1) is 4.16. The maximum absolute atomic E-state index is 10.6. The lowest BCUT2D eigenvalue weighted by molar-refractivity contribution is -0.143. The monoisotopic (exact) mass is 146 g/mol. The highest BCUT2D eigenvalue weighted by Crippen LogP contribution is 1.99. The summed E-state index contributed by atoms with van der Waals surface area (Å²) >= 11 is 0. The second-order valence-electron chi connectivity index (χ2n) is 2.40. The van der Waals surface area contributed by atoms with Crippen molar-refractivity contribution in [2.75, 3.05) is 6.61 Å². The molecule has 0 aromatic carbocycles. The Bertz CT molecular complexity index is 87.3. The maximum Gasteiger partial charge on any atom is 0.306 e. The fraction of sp³-hybridized carbons (Fsp3) is 0.875. The molecule has 10 heavy (non-hydrogen) atoms. The van der Waals surface area contributed by atoms with Crippen LogP contribution in [0, 0.1) is 5.92 Å². The second-order valence-corrected chi connectivity index (χ2v) is 2.40. The van der Waals surface area contributed by atoms with Gasteiger partial charge in [0.25, 0.3) is 0 Å². The molecule has 0 fully saturated rings. The van der Waals surface area contributed by atoms with Gasteiger partial charge in [-0.1, -0.05) is 21.3 Å². The SMILES string of the molecule is C.CCOC(=O)CC(C)C. The minimum atomic E-state index is -0.0903. The second kappa shape index (κ2) is 6.59. The van der Waals surface area contributed by atoms with E-state index in [1.807, 2.05) is 20.8 Å². The third-order valence-corrected chi connectivity index (χ3v) is 0.880. The van der Waals surface area contributed by atoms with Crippen LogP contribution < -0.4 is 0 Å². The van der Waals surface area contributed by atoms with Crippen LogP contribution in [-0.4, -0.2) is 12.6 Å². The molecule has 0 unspecified atom stereocenters. The summed E-state index contributed by atoms with van der Waals surface area (Å²) in [4.78, 5) is 10.6. The van der Waals surface area contributed by atoms with Crippen LogP contribution >= 0.6 is 0 Å². The lowest BCUT2D eigenvalue weighted by Gasteiger charge is -2.02. The van der Waals surface area contributed by atoms with Crippen LogP contribution in [-0.2, 0) is 9.53 Å². The first kappa shape index (κ1) is 12.2. The average molecular weight is 146 g/mol. The molecule has 0 spiro atoms. The average Bonchev–Trinajstić information content (AvgIpc) is 1.63. The Morgan fingerprint density at radius 3 is 2.30 bits per heavy atom. The Morgan fingerprint density at radius 2 is 2.00 bits per heavy atom. The number of esters is 1. The molecule has 2 nitrogen and oxygen atoms in total. The van der Waals surface area contributed by atoms with E-state index in [1.165, 1.54) is 0 Å². The zero-order valence-corrected chi connectivity index (χ0v) is 6.31.